The summed E-state index contributed by atoms with van der Waals surface area (Å²) >= 11 is 14.9. The molecule has 0 unspecified atom stereocenters. The summed E-state index contributed by atoms with van der Waals surface area (Å²) in [6.45, 7) is 1.31. The fourth-order valence-corrected chi connectivity index (χ4v) is 5.34. The summed E-state index contributed by atoms with van der Waals surface area (Å²) < 4.78 is 17.1. The Bertz CT molecular complexity index is 965. The van der Waals surface area contributed by atoms with Crippen LogP contribution in [0.4, 0.5) is 4.39 Å². The molecule has 140 valence electrons. The van der Waals surface area contributed by atoms with Gasteiger partial charge in [-0.25, -0.2) is 9.37 Å². The molecule has 27 heavy (non-hydrogen) atoms. The van der Waals surface area contributed by atoms with Crippen molar-refractivity contribution in [3.63, 3.8) is 0 Å². The fraction of sp³-hybridized carbons (Fsp3) is 0.278. The third-order valence-electron chi connectivity index (χ3n) is 4.57. The molecule has 9 heteroatoms. The molecule has 0 saturated carbocycles. The van der Waals surface area contributed by atoms with E-state index < -0.39 is 0 Å². The molecule has 1 aromatic carbocycles. The maximum Gasteiger partial charge on any atom is 0.253 e. The molecule has 0 spiro atoms. The van der Waals surface area contributed by atoms with E-state index in [1.54, 1.807) is 11.3 Å². The van der Waals surface area contributed by atoms with Crippen molar-refractivity contribution in [1.29, 1.82) is 0 Å². The van der Waals surface area contributed by atoms with Gasteiger partial charge < -0.3 is 4.90 Å². The molecule has 1 amide bonds. The third-order valence-corrected chi connectivity index (χ3v) is 7.40. The van der Waals surface area contributed by atoms with Crippen molar-refractivity contribution in [3.8, 4) is 10.6 Å². The zero-order chi connectivity index (χ0) is 19.0. The summed E-state index contributed by atoms with van der Waals surface area (Å²) in [4.78, 5) is 19.9. The number of halogens is 3. The normalized spacial score (nSPS) is 15.3. The standard InChI is InChI=1S/C18H14Cl2FN3OS2/c19-14-15(27-23-16(14)20)13-9-26-17(22-13)10-5-7-24(8-6-10)18(25)11-1-3-12(21)4-2-11/h1-4,9-10H,5-8H2. The second-order valence-corrected chi connectivity index (χ2v) is 8.66. The van der Waals surface area contributed by atoms with Crippen molar-refractivity contribution in [1.82, 2.24) is 14.3 Å². The quantitative estimate of drug-likeness (QED) is 0.520. The monoisotopic (exact) mass is 441 g/mol. The Morgan fingerprint density at radius 2 is 1.89 bits per heavy atom. The van der Waals surface area contributed by atoms with Crippen molar-refractivity contribution in [2.24, 2.45) is 0 Å². The molecule has 4 rings (SSSR count). The summed E-state index contributed by atoms with van der Waals surface area (Å²) in [5.41, 5.74) is 1.32. The van der Waals surface area contributed by atoms with Crippen LogP contribution in [-0.4, -0.2) is 33.3 Å². The van der Waals surface area contributed by atoms with Crippen LogP contribution < -0.4 is 0 Å². The number of thiazole rings is 1. The number of benzene rings is 1. The van der Waals surface area contributed by atoms with Crippen molar-refractivity contribution in [3.05, 3.63) is 56.2 Å². The first-order chi connectivity index (χ1) is 13.0. The summed E-state index contributed by atoms with van der Waals surface area (Å²) in [5.74, 6) is -0.0882. The van der Waals surface area contributed by atoms with Gasteiger partial charge in [0.15, 0.2) is 5.15 Å². The predicted molar refractivity (Wildman–Crippen MR) is 108 cm³/mol. The topological polar surface area (TPSA) is 46.1 Å². The van der Waals surface area contributed by atoms with Crippen molar-refractivity contribution in [2.45, 2.75) is 18.8 Å². The Hall–Kier alpha value is -1.54. The SMILES string of the molecule is O=C(c1ccc(F)cc1)N1CCC(c2nc(-c3snc(Cl)c3Cl)cs2)CC1. The van der Waals surface area contributed by atoms with Gasteiger partial charge in [-0.3, -0.25) is 4.79 Å². The molecule has 2 aromatic heterocycles. The van der Waals surface area contributed by atoms with Gasteiger partial charge in [0, 0.05) is 30.0 Å². The molecule has 3 aromatic rings. The maximum absolute atomic E-state index is 13.0. The Morgan fingerprint density at radius 1 is 1.19 bits per heavy atom. The lowest BCUT2D eigenvalue weighted by Crippen LogP contribution is -2.37. The highest BCUT2D eigenvalue weighted by atomic mass is 35.5. The number of rotatable bonds is 3. The molecule has 0 radical (unpaired) electrons. The molecule has 4 nitrogen and oxygen atoms in total. The number of piperidine rings is 1. The van der Waals surface area contributed by atoms with E-state index in [9.17, 15) is 9.18 Å². The zero-order valence-corrected chi connectivity index (χ0v) is 17.1. The summed E-state index contributed by atoms with van der Waals surface area (Å²) in [7, 11) is 0. The Kier molecular flexibility index (Phi) is 5.45. The van der Waals surface area contributed by atoms with E-state index >= 15 is 0 Å². The smallest absolute Gasteiger partial charge is 0.253 e. The number of amides is 1. The van der Waals surface area contributed by atoms with Gasteiger partial charge in [-0.05, 0) is 48.6 Å². The summed E-state index contributed by atoms with van der Waals surface area (Å²) in [6, 6.07) is 5.68. The molecule has 1 fully saturated rings. The van der Waals surface area contributed by atoms with Gasteiger partial charge in [-0.15, -0.1) is 11.3 Å². The van der Waals surface area contributed by atoms with Crippen LogP contribution in [0.1, 0.15) is 34.1 Å². The molecular weight excluding hydrogens is 428 g/mol. The van der Waals surface area contributed by atoms with E-state index in [1.165, 1.54) is 35.8 Å². The number of nitrogens with zero attached hydrogens (tertiary/aromatic N) is 3. The Morgan fingerprint density at radius 3 is 2.52 bits per heavy atom. The molecule has 1 aliphatic rings. The van der Waals surface area contributed by atoms with Gasteiger partial charge in [0.2, 0.25) is 0 Å². The lowest BCUT2D eigenvalue weighted by molar-refractivity contribution is 0.0713. The Labute approximate surface area is 173 Å². The Balaban J connectivity index is 1.41. The predicted octanol–water partition coefficient (Wildman–Crippen LogP) is 5.73. The van der Waals surface area contributed by atoms with Gasteiger partial charge in [0.05, 0.1) is 20.6 Å². The minimum atomic E-state index is -0.341. The van der Waals surface area contributed by atoms with E-state index in [1.807, 2.05) is 10.3 Å². The van der Waals surface area contributed by atoms with Crippen molar-refractivity contribution >= 4 is 52.0 Å². The minimum absolute atomic E-state index is 0.0561. The van der Waals surface area contributed by atoms with Crippen molar-refractivity contribution < 1.29 is 9.18 Å². The average molecular weight is 442 g/mol. The molecule has 1 aliphatic heterocycles. The van der Waals surface area contributed by atoms with Crippen LogP contribution in [0.25, 0.3) is 10.6 Å². The van der Waals surface area contributed by atoms with Crippen LogP contribution in [-0.2, 0) is 0 Å². The summed E-state index contributed by atoms with van der Waals surface area (Å²) in [6.07, 6.45) is 1.69. The highest BCUT2D eigenvalue weighted by Crippen LogP contribution is 2.39. The molecule has 0 bridgehead atoms. The number of aromatic nitrogens is 2. The second kappa shape index (κ2) is 7.83. The van der Waals surface area contributed by atoms with E-state index in [0.29, 0.717) is 34.7 Å². The first kappa shape index (κ1) is 18.8. The number of hydrogen-bond acceptors (Lipinski definition) is 5. The third kappa shape index (κ3) is 3.87. The highest BCUT2D eigenvalue weighted by molar-refractivity contribution is 7.12. The van der Waals surface area contributed by atoms with Crippen LogP contribution in [0.5, 0.6) is 0 Å². The van der Waals surface area contributed by atoms with Crippen LogP contribution in [0.2, 0.25) is 10.2 Å². The molecule has 0 N–H and O–H groups in total. The van der Waals surface area contributed by atoms with E-state index in [2.05, 4.69) is 4.37 Å². The molecular formula is C18H14Cl2FN3OS2. The first-order valence-electron chi connectivity index (χ1n) is 8.34. The minimum Gasteiger partial charge on any atom is -0.339 e. The molecule has 0 atom stereocenters. The largest absolute Gasteiger partial charge is 0.339 e. The van der Waals surface area contributed by atoms with Crippen molar-refractivity contribution in [2.75, 3.05) is 13.1 Å². The van der Waals surface area contributed by atoms with Gasteiger partial charge in [-0.2, -0.15) is 4.37 Å². The second-order valence-electron chi connectivity index (χ2n) is 6.26. The number of hydrogen-bond donors (Lipinski definition) is 0. The molecule has 1 saturated heterocycles. The fourth-order valence-electron chi connectivity index (χ4n) is 3.10. The van der Waals surface area contributed by atoms with Gasteiger partial charge in [0.25, 0.3) is 5.91 Å². The van der Waals surface area contributed by atoms with Crippen LogP contribution in [0.3, 0.4) is 0 Å². The van der Waals surface area contributed by atoms with Crippen LogP contribution >= 0.6 is 46.1 Å². The molecule has 0 aliphatic carbocycles. The van der Waals surface area contributed by atoms with Crippen LogP contribution in [0.15, 0.2) is 29.6 Å². The zero-order valence-electron chi connectivity index (χ0n) is 14.0. The summed E-state index contributed by atoms with van der Waals surface area (Å²) in [5, 5.41) is 3.76. The van der Waals surface area contributed by atoms with Gasteiger partial charge >= 0.3 is 0 Å². The van der Waals surface area contributed by atoms with Gasteiger partial charge in [-0.1, -0.05) is 23.2 Å². The van der Waals surface area contributed by atoms with E-state index in [0.717, 1.165) is 28.4 Å². The van der Waals surface area contributed by atoms with E-state index in [4.69, 9.17) is 28.2 Å². The first-order valence-corrected chi connectivity index (χ1v) is 10.7. The number of carbonyl (C=O) groups excluding carboxylic acids is 1. The highest BCUT2D eigenvalue weighted by Gasteiger charge is 2.27. The number of likely N-dealkylation sites (tertiary alicyclic amines) is 1. The molecule has 3 heterocycles. The van der Waals surface area contributed by atoms with Crippen LogP contribution in [0, 0.1) is 5.82 Å². The average Bonchev–Trinajstić information content (AvgIpc) is 3.29. The maximum atomic E-state index is 13.0. The lowest BCUT2D eigenvalue weighted by atomic mass is 9.97. The number of carbonyl (C=O) groups is 1. The van der Waals surface area contributed by atoms with Gasteiger partial charge in [0.1, 0.15) is 5.82 Å². The lowest BCUT2D eigenvalue weighted by Gasteiger charge is -2.31. The van der Waals surface area contributed by atoms with E-state index in [-0.39, 0.29) is 11.7 Å².